The zero-order valence-electron chi connectivity index (χ0n) is 16.0. The van der Waals surface area contributed by atoms with Crippen molar-refractivity contribution in [3.05, 3.63) is 83.7 Å². The van der Waals surface area contributed by atoms with Gasteiger partial charge in [-0.2, -0.15) is 4.39 Å². The van der Waals surface area contributed by atoms with Gasteiger partial charge in [0.1, 0.15) is 0 Å². The molecule has 0 spiro atoms. The van der Waals surface area contributed by atoms with E-state index in [9.17, 15) is 17.6 Å². The molecular formula is C23H19F4NO. The average molecular weight is 401 g/mol. The third-order valence-corrected chi connectivity index (χ3v) is 4.42. The number of aromatic nitrogens is 1. The molecule has 6 heteroatoms. The van der Waals surface area contributed by atoms with Crippen molar-refractivity contribution in [1.29, 1.82) is 0 Å². The molecule has 0 saturated carbocycles. The molecule has 0 aliphatic heterocycles. The molecule has 0 atom stereocenters. The molecule has 2 nitrogen and oxygen atoms in total. The second-order valence-electron chi connectivity index (χ2n) is 6.27. The standard InChI is InChI=1S/C23H19F4NO/c1-3-5-6-15-8-7-14(13-28-15)16-9-10-17(21(25)20(16)24)18-11-12-19(29-4-2)23(27)22(18)26/h3,5,7-13H,4,6H2,1-2H3/b5-3+. The van der Waals surface area contributed by atoms with Crippen LogP contribution in [0.4, 0.5) is 17.6 Å². The van der Waals surface area contributed by atoms with Gasteiger partial charge in [-0.15, -0.1) is 0 Å². The maximum absolute atomic E-state index is 14.7. The maximum atomic E-state index is 14.7. The molecule has 0 bridgehead atoms. The lowest BCUT2D eigenvalue weighted by molar-refractivity contribution is 0.314. The summed E-state index contributed by atoms with van der Waals surface area (Å²) in [7, 11) is 0. The monoisotopic (exact) mass is 401 g/mol. The van der Waals surface area contributed by atoms with Crippen molar-refractivity contribution >= 4 is 0 Å². The molecule has 2 aromatic carbocycles. The van der Waals surface area contributed by atoms with Crippen molar-refractivity contribution in [2.75, 3.05) is 6.61 Å². The minimum Gasteiger partial charge on any atom is -0.491 e. The van der Waals surface area contributed by atoms with Crippen molar-refractivity contribution in [3.8, 4) is 28.0 Å². The van der Waals surface area contributed by atoms with Crippen molar-refractivity contribution in [3.63, 3.8) is 0 Å². The lowest BCUT2D eigenvalue weighted by Gasteiger charge is -2.12. The normalized spacial score (nSPS) is 11.2. The Kier molecular flexibility index (Phi) is 6.32. The maximum Gasteiger partial charge on any atom is 0.201 e. The number of hydrogen-bond donors (Lipinski definition) is 0. The van der Waals surface area contributed by atoms with Crippen molar-refractivity contribution in [2.24, 2.45) is 0 Å². The highest BCUT2D eigenvalue weighted by molar-refractivity contribution is 5.72. The first-order valence-corrected chi connectivity index (χ1v) is 9.13. The van der Waals surface area contributed by atoms with Gasteiger partial charge in [0.25, 0.3) is 0 Å². The second-order valence-corrected chi connectivity index (χ2v) is 6.27. The molecule has 1 aromatic heterocycles. The van der Waals surface area contributed by atoms with Crippen LogP contribution >= 0.6 is 0 Å². The molecule has 150 valence electrons. The van der Waals surface area contributed by atoms with E-state index in [0.29, 0.717) is 12.0 Å². The van der Waals surface area contributed by atoms with E-state index < -0.39 is 23.3 Å². The summed E-state index contributed by atoms with van der Waals surface area (Å²) in [5, 5.41) is 0. The lowest BCUT2D eigenvalue weighted by atomic mass is 9.98. The molecule has 0 N–H and O–H groups in total. The Labute approximate surface area is 166 Å². The van der Waals surface area contributed by atoms with E-state index in [1.165, 1.54) is 30.5 Å². The van der Waals surface area contributed by atoms with Gasteiger partial charge in [0.15, 0.2) is 23.2 Å². The Bertz CT molecular complexity index is 1050. The lowest BCUT2D eigenvalue weighted by Crippen LogP contribution is -2.01. The number of nitrogens with zero attached hydrogens (tertiary/aromatic N) is 1. The van der Waals surface area contributed by atoms with Crippen LogP contribution in [-0.4, -0.2) is 11.6 Å². The second kappa shape index (κ2) is 8.90. The Hall–Kier alpha value is -3.15. The topological polar surface area (TPSA) is 22.1 Å². The molecule has 3 aromatic rings. The largest absolute Gasteiger partial charge is 0.491 e. The molecule has 0 fully saturated rings. The summed E-state index contributed by atoms with van der Waals surface area (Å²) in [6.45, 7) is 3.67. The third kappa shape index (κ3) is 4.16. The summed E-state index contributed by atoms with van der Waals surface area (Å²) in [5.74, 6) is -5.23. The van der Waals surface area contributed by atoms with Gasteiger partial charge < -0.3 is 4.74 Å². The van der Waals surface area contributed by atoms with Crippen molar-refractivity contribution in [2.45, 2.75) is 20.3 Å². The highest BCUT2D eigenvalue weighted by atomic mass is 19.2. The molecule has 0 amide bonds. The van der Waals surface area contributed by atoms with E-state index in [2.05, 4.69) is 4.98 Å². The van der Waals surface area contributed by atoms with E-state index in [-0.39, 0.29) is 29.0 Å². The number of hydrogen-bond acceptors (Lipinski definition) is 2. The van der Waals surface area contributed by atoms with Gasteiger partial charge >= 0.3 is 0 Å². The zero-order chi connectivity index (χ0) is 21.0. The van der Waals surface area contributed by atoms with Gasteiger partial charge in [-0.3, -0.25) is 4.98 Å². The zero-order valence-corrected chi connectivity index (χ0v) is 16.0. The fourth-order valence-electron chi connectivity index (χ4n) is 2.93. The smallest absolute Gasteiger partial charge is 0.201 e. The minimum absolute atomic E-state index is 0.0110. The van der Waals surface area contributed by atoms with Gasteiger partial charge in [0.2, 0.25) is 5.82 Å². The number of benzene rings is 2. The third-order valence-electron chi connectivity index (χ3n) is 4.42. The highest BCUT2D eigenvalue weighted by Crippen LogP contribution is 2.35. The van der Waals surface area contributed by atoms with Crippen LogP contribution in [0, 0.1) is 23.3 Å². The van der Waals surface area contributed by atoms with Crippen LogP contribution in [0.15, 0.2) is 54.7 Å². The predicted octanol–water partition coefficient (Wildman–Crippen LogP) is 6.49. The first kappa shape index (κ1) is 20.6. The molecule has 0 radical (unpaired) electrons. The van der Waals surface area contributed by atoms with E-state index >= 15 is 0 Å². The first-order chi connectivity index (χ1) is 14.0. The van der Waals surface area contributed by atoms with Gasteiger partial charge in [0, 0.05) is 40.6 Å². The number of allylic oxidation sites excluding steroid dienone is 2. The van der Waals surface area contributed by atoms with Crippen LogP contribution in [-0.2, 0) is 6.42 Å². The SMILES string of the molecule is C/C=C/Cc1ccc(-c2ccc(-c3ccc(OCC)c(F)c3F)c(F)c2F)cn1. The van der Waals surface area contributed by atoms with E-state index in [1.54, 1.807) is 19.1 Å². The Morgan fingerprint density at radius 2 is 1.45 bits per heavy atom. The van der Waals surface area contributed by atoms with Crippen LogP contribution in [0.3, 0.4) is 0 Å². The van der Waals surface area contributed by atoms with Crippen molar-refractivity contribution in [1.82, 2.24) is 4.98 Å². The Morgan fingerprint density at radius 1 is 0.828 bits per heavy atom. The molecule has 1 heterocycles. The van der Waals surface area contributed by atoms with Gasteiger partial charge in [-0.25, -0.2) is 13.2 Å². The molecular weight excluding hydrogens is 382 g/mol. The molecule has 0 unspecified atom stereocenters. The van der Waals surface area contributed by atoms with Gasteiger partial charge in [-0.1, -0.05) is 30.4 Å². The fourth-order valence-corrected chi connectivity index (χ4v) is 2.93. The number of halogens is 4. The Balaban J connectivity index is 1.99. The molecule has 0 aliphatic carbocycles. The molecule has 0 saturated heterocycles. The van der Waals surface area contributed by atoms with E-state index in [0.717, 1.165) is 5.69 Å². The number of rotatable bonds is 6. The molecule has 3 rings (SSSR count). The van der Waals surface area contributed by atoms with E-state index in [1.807, 2.05) is 19.1 Å². The summed E-state index contributed by atoms with van der Waals surface area (Å²) in [6.07, 6.45) is 5.91. The van der Waals surface area contributed by atoms with Crippen LogP contribution in [0.25, 0.3) is 22.3 Å². The summed E-state index contributed by atoms with van der Waals surface area (Å²) in [5.41, 5.74) is 0.409. The van der Waals surface area contributed by atoms with E-state index in [4.69, 9.17) is 4.74 Å². The van der Waals surface area contributed by atoms with Crippen molar-refractivity contribution < 1.29 is 22.3 Å². The highest BCUT2D eigenvalue weighted by Gasteiger charge is 2.21. The quantitative estimate of drug-likeness (QED) is 0.348. The van der Waals surface area contributed by atoms with Crippen LogP contribution < -0.4 is 4.74 Å². The summed E-state index contributed by atoms with van der Waals surface area (Å²) < 4.78 is 62.9. The summed E-state index contributed by atoms with van der Waals surface area (Å²) >= 11 is 0. The Morgan fingerprint density at radius 3 is 2.07 bits per heavy atom. The van der Waals surface area contributed by atoms with Gasteiger partial charge in [-0.05, 0) is 32.0 Å². The molecule has 29 heavy (non-hydrogen) atoms. The number of ether oxygens (including phenoxy) is 1. The summed E-state index contributed by atoms with van der Waals surface area (Å²) in [4.78, 5) is 4.23. The number of pyridine rings is 1. The minimum atomic E-state index is -1.29. The predicted molar refractivity (Wildman–Crippen MR) is 105 cm³/mol. The van der Waals surface area contributed by atoms with Crippen LogP contribution in [0.1, 0.15) is 19.5 Å². The van der Waals surface area contributed by atoms with Crippen LogP contribution in [0.2, 0.25) is 0 Å². The molecule has 0 aliphatic rings. The first-order valence-electron chi connectivity index (χ1n) is 9.13. The van der Waals surface area contributed by atoms with Gasteiger partial charge in [0.05, 0.1) is 6.61 Å². The van der Waals surface area contributed by atoms with Crippen LogP contribution in [0.5, 0.6) is 5.75 Å². The average Bonchev–Trinajstić information content (AvgIpc) is 2.73. The summed E-state index contributed by atoms with van der Waals surface area (Å²) in [6, 6.07) is 8.26. The fraction of sp³-hybridized carbons (Fsp3) is 0.174.